The first-order valence-electron chi connectivity index (χ1n) is 5.85. The van der Waals surface area contributed by atoms with E-state index in [9.17, 15) is 4.79 Å². The number of aryl methyl sites for hydroxylation is 1. The van der Waals surface area contributed by atoms with E-state index in [1.807, 2.05) is 4.57 Å². The van der Waals surface area contributed by atoms with Crippen LogP contribution in [0.1, 0.15) is 17.8 Å². The molecule has 1 N–H and O–H groups in total. The lowest BCUT2D eigenvalue weighted by Crippen LogP contribution is -2.20. The molecule has 0 aliphatic carbocycles. The van der Waals surface area contributed by atoms with Crippen molar-refractivity contribution in [1.82, 2.24) is 14.9 Å². The second kappa shape index (κ2) is 5.72. The summed E-state index contributed by atoms with van der Waals surface area (Å²) in [5.74, 6) is 0.930. The topological polar surface area (TPSA) is 70.7 Å². The number of hydrogen-bond donors (Lipinski definition) is 1. The highest BCUT2D eigenvalue weighted by molar-refractivity contribution is 6.16. The van der Waals surface area contributed by atoms with Crippen LogP contribution in [0.3, 0.4) is 0 Å². The molecule has 6 heteroatoms. The average Bonchev–Trinajstić information content (AvgIpc) is 2.81. The number of amides is 1. The lowest BCUT2D eigenvalue weighted by Gasteiger charge is -2.07. The van der Waals surface area contributed by atoms with Crippen LogP contribution in [0.5, 0.6) is 0 Å². The molecule has 1 amide bonds. The Kier molecular flexibility index (Phi) is 4.03. The summed E-state index contributed by atoms with van der Waals surface area (Å²) in [7, 11) is 1.60. The smallest absolute Gasteiger partial charge is 0.221 e. The first kappa shape index (κ1) is 13.4. The Hall–Kier alpha value is -2.06. The molecule has 2 rings (SSSR count). The van der Waals surface area contributed by atoms with Gasteiger partial charge in [0.25, 0.3) is 0 Å². The Bertz CT molecular complexity index is 656. The summed E-state index contributed by atoms with van der Waals surface area (Å²) >= 11 is 5.88. The second-order valence-electron chi connectivity index (χ2n) is 4.05. The highest BCUT2D eigenvalue weighted by Gasteiger charge is 2.11. The number of halogens is 1. The molecule has 0 saturated heterocycles. The normalized spacial score (nSPS) is 10.4. The minimum atomic E-state index is -0.0428. The molecule has 0 bridgehead atoms. The van der Waals surface area contributed by atoms with Gasteiger partial charge in [-0.15, -0.1) is 11.6 Å². The van der Waals surface area contributed by atoms with E-state index in [0.717, 1.165) is 11.0 Å². The summed E-state index contributed by atoms with van der Waals surface area (Å²) in [4.78, 5) is 15.7. The van der Waals surface area contributed by atoms with Crippen LogP contribution < -0.4 is 5.32 Å². The van der Waals surface area contributed by atoms with Crippen LogP contribution in [-0.2, 0) is 17.2 Å². The van der Waals surface area contributed by atoms with E-state index in [2.05, 4.69) is 16.4 Å². The van der Waals surface area contributed by atoms with Crippen molar-refractivity contribution < 1.29 is 4.79 Å². The third-order valence-corrected chi connectivity index (χ3v) is 3.16. The highest BCUT2D eigenvalue weighted by Crippen LogP contribution is 2.19. The van der Waals surface area contributed by atoms with E-state index in [0.29, 0.717) is 24.4 Å². The fourth-order valence-electron chi connectivity index (χ4n) is 1.93. The maximum atomic E-state index is 11.3. The fraction of sp³-hybridized carbons (Fsp3) is 0.308. The van der Waals surface area contributed by atoms with Crippen LogP contribution >= 0.6 is 11.6 Å². The van der Waals surface area contributed by atoms with E-state index in [-0.39, 0.29) is 11.8 Å². The van der Waals surface area contributed by atoms with Crippen molar-refractivity contribution in [3.05, 3.63) is 29.6 Å². The predicted molar refractivity (Wildman–Crippen MR) is 72.7 cm³/mol. The van der Waals surface area contributed by atoms with Crippen molar-refractivity contribution in [2.75, 3.05) is 7.05 Å². The second-order valence-corrected chi connectivity index (χ2v) is 4.32. The van der Waals surface area contributed by atoms with Gasteiger partial charge in [-0.25, -0.2) is 4.98 Å². The number of carbonyl (C=O) groups is 1. The molecule has 0 unspecified atom stereocenters. The molecule has 0 radical (unpaired) electrons. The molecule has 0 atom stereocenters. The van der Waals surface area contributed by atoms with E-state index in [1.54, 1.807) is 25.2 Å². The fourth-order valence-corrected chi connectivity index (χ4v) is 2.14. The number of aromatic nitrogens is 2. The van der Waals surface area contributed by atoms with Gasteiger partial charge in [0, 0.05) is 20.0 Å². The van der Waals surface area contributed by atoms with Gasteiger partial charge in [0.15, 0.2) is 0 Å². The molecule has 98 valence electrons. The zero-order chi connectivity index (χ0) is 13.8. The van der Waals surface area contributed by atoms with Gasteiger partial charge in [0.05, 0.1) is 28.5 Å². The Labute approximate surface area is 115 Å². The summed E-state index contributed by atoms with van der Waals surface area (Å²) in [6, 6.07) is 7.37. The van der Waals surface area contributed by atoms with Gasteiger partial charge < -0.3 is 9.88 Å². The molecule has 1 aromatic heterocycles. The van der Waals surface area contributed by atoms with Crippen LogP contribution in [-0.4, -0.2) is 22.5 Å². The average molecular weight is 277 g/mol. The number of rotatable bonds is 4. The zero-order valence-electron chi connectivity index (χ0n) is 10.5. The zero-order valence-corrected chi connectivity index (χ0v) is 11.2. The number of alkyl halides is 1. The summed E-state index contributed by atoms with van der Waals surface area (Å²) < 4.78 is 1.89. The van der Waals surface area contributed by atoms with Gasteiger partial charge in [0.2, 0.25) is 5.91 Å². The van der Waals surface area contributed by atoms with Crippen molar-refractivity contribution in [3.63, 3.8) is 0 Å². The maximum Gasteiger partial charge on any atom is 0.221 e. The van der Waals surface area contributed by atoms with Gasteiger partial charge in [-0.3, -0.25) is 4.79 Å². The number of nitrogens with one attached hydrogen (secondary N) is 1. The lowest BCUT2D eigenvalue weighted by atomic mass is 10.2. The third-order valence-electron chi connectivity index (χ3n) is 2.92. The first-order chi connectivity index (χ1) is 9.19. The van der Waals surface area contributed by atoms with Crippen molar-refractivity contribution >= 4 is 28.5 Å². The SMILES string of the molecule is CNC(=O)CCn1c(CCl)nc2ccc(C#N)cc21. The molecule has 0 spiro atoms. The molecule has 2 aromatic rings. The quantitative estimate of drug-likeness (QED) is 0.866. The third kappa shape index (κ3) is 2.69. The number of nitriles is 1. The van der Waals surface area contributed by atoms with Crippen LogP contribution in [0, 0.1) is 11.3 Å². The van der Waals surface area contributed by atoms with Gasteiger partial charge in [-0.2, -0.15) is 5.26 Å². The first-order valence-corrected chi connectivity index (χ1v) is 6.39. The van der Waals surface area contributed by atoms with Crippen LogP contribution in [0.25, 0.3) is 11.0 Å². The highest BCUT2D eigenvalue weighted by atomic mass is 35.5. The molecule has 0 fully saturated rings. The molecule has 0 aliphatic heterocycles. The lowest BCUT2D eigenvalue weighted by molar-refractivity contribution is -0.120. The Morgan fingerprint density at radius 3 is 3.00 bits per heavy atom. The Balaban J connectivity index is 2.43. The minimum Gasteiger partial charge on any atom is -0.359 e. The van der Waals surface area contributed by atoms with Gasteiger partial charge in [0.1, 0.15) is 5.82 Å². The van der Waals surface area contributed by atoms with Crippen LogP contribution in [0.2, 0.25) is 0 Å². The summed E-state index contributed by atoms with van der Waals surface area (Å²) in [5, 5.41) is 11.5. The Morgan fingerprint density at radius 1 is 1.58 bits per heavy atom. The van der Waals surface area contributed by atoms with Crippen LogP contribution in [0.15, 0.2) is 18.2 Å². The summed E-state index contributed by atoms with van der Waals surface area (Å²) in [5.41, 5.74) is 2.18. The monoisotopic (exact) mass is 276 g/mol. The minimum absolute atomic E-state index is 0.0428. The van der Waals surface area contributed by atoms with E-state index >= 15 is 0 Å². The molecule has 1 aromatic carbocycles. The van der Waals surface area contributed by atoms with E-state index < -0.39 is 0 Å². The molecular weight excluding hydrogens is 264 g/mol. The van der Waals surface area contributed by atoms with Gasteiger partial charge in [-0.05, 0) is 18.2 Å². The van der Waals surface area contributed by atoms with Crippen molar-refractivity contribution in [2.45, 2.75) is 18.8 Å². The standard InChI is InChI=1S/C13H13ClN4O/c1-16-13(19)4-5-18-11-6-9(8-15)2-3-10(11)17-12(18)7-14/h2-3,6H,4-5,7H2,1H3,(H,16,19). The van der Waals surface area contributed by atoms with E-state index in [4.69, 9.17) is 16.9 Å². The van der Waals surface area contributed by atoms with E-state index in [1.165, 1.54) is 0 Å². The van der Waals surface area contributed by atoms with Gasteiger partial charge >= 0.3 is 0 Å². The number of hydrogen-bond acceptors (Lipinski definition) is 3. The molecular formula is C13H13ClN4O. The van der Waals surface area contributed by atoms with Crippen molar-refractivity contribution in [3.8, 4) is 6.07 Å². The molecule has 0 aliphatic rings. The van der Waals surface area contributed by atoms with Crippen LogP contribution in [0.4, 0.5) is 0 Å². The maximum absolute atomic E-state index is 11.3. The molecule has 0 saturated carbocycles. The molecule has 19 heavy (non-hydrogen) atoms. The number of nitrogens with zero attached hydrogens (tertiary/aromatic N) is 3. The number of carbonyl (C=O) groups excluding carboxylic acids is 1. The number of imidazole rings is 1. The van der Waals surface area contributed by atoms with Gasteiger partial charge in [-0.1, -0.05) is 0 Å². The molecule has 1 heterocycles. The van der Waals surface area contributed by atoms with Crippen molar-refractivity contribution in [2.24, 2.45) is 0 Å². The summed E-state index contributed by atoms with van der Waals surface area (Å²) in [6.07, 6.45) is 0.350. The van der Waals surface area contributed by atoms with Crippen molar-refractivity contribution in [1.29, 1.82) is 5.26 Å². The number of fused-ring (bicyclic) bond motifs is 1. The predicted octanol–water partition coefficient (Wildman–Crippen LogP) is 1.78. The molecule has 5 nitrogen and oxygen atoms in total. The number of benzene rings is 1. The Morgan fingerprint density at radius 2 is 2.37 bits per heavy atom. The largest absolute Gasteiger partial charge is 0.359 e. The summed E-state index contributed by atoms with van der Waals surface area (Å²) in [6.45, 7) is 0.493.